The van der Waals surface area contributed by atoms with E-state index in [0.717, 1.165) is 48.4 Å². The topological polar surface area (TPSA) is 116 Å². The second-order valence-electron chi connectivity index (χ2n) is 9.17. The fourth-order valence-electron chi connectivity index (χ4n) is 5.75. The summed E-state index contributed by atoms with van der Waals surface area (Å²) < 4.78 is 14.6. The van der Waals surface area contributed by atoms with Crippen LogP contribution in [0.2, 0.25) is 0 Å². The lowest BCUT2D eigenvalue weighted by molar-refractivity contribution is 0.393. The van der Waals surface area contributed by atoms with Gasteiger partial charge in [0.05, 0.1) is 23.0 Å². The zero-order valence-electron chi connectivity index (χ0n) is 21.3. The van der Waals surface area contributed by atoms with E-state index in [1.54, 1.807) is 52.7 Å². The van der Waals surface area contributed by atoms with E-state index in [1.807, 2.05) is 28.5 Å². The van der Waals surface area contributed by atoms with E-state index in [4.69, 9.17) is 18.9 Å². The van der Waals surface area contributed by atoms with Gasteiger partial charge in [0.2, 0.25) is 0 Å². The van der Waals surface area contributed by atoms with E-state index < -0.39 is 5.41 Å². The molecule has 9 nitrogen and oxygen atoms in total. The Labute approximate surface area is 259 Å². The number of allylic oxidation sites excluding steroid dienone is 4. The molecule has 0 aromatic carbocycles. The molecule has 1 aliphatic carbocycles. The van der Waals surface area contributed by atoms with Gasteiger partial charge in [0.15, 0.2) is 6.26 Å². The summed E-state index contributed by atoms with van der Waals surface area (Å²) in [5.74, 6) is -0.281. The molecular formula is C28H16N8OS5. The lowest BCUT2D eigenvalue weighted by Crippen LogP contribution is -2.40. The standard InChI is InChI=1S/C28H16N8OS5/c1-3-20(38-9-1)26-23(17-13-29-6-7-30-17)22(19-15-42-36-33-19)24(18-14-37-35-32-18)25(16-5-11-41-34-16)28(26,21-4-2-10-39-21)27-31-8-12-40-27/h1-15,26H. The van der Waals surface area contributed by atoms with Crippen LogP contribution in [0.1, 0.15) is 43.5 Å². The normalized spacial score (nSPS) is 19.1. The molecule has 0 saturated carbocycles. The van der Waals surface area contributed by atoms with Crippen molar-refractivity contribution < 1.29 is 4.52 Å². The summed E-state index contributed by atoms with van der Waals surface area (Å²) in [6, 6.07) is 10.6. The molecule has 0 N–H and O–H groups in total. The van der Waals surface area contributed by atoms with Crippen LogP contribution in [0.4, 0.5) is 0 Å². The zero-order chi connectivity index (χ0) is 27.9. The van der Waals surface area contributed by atoms with Gasteiger partial charge in [-0.05, 0) is 57.6 Å². The molecule has 2 unspecified atom stereocenters. The Morgan fingerprint density at radius 3 is 2.38 bits per heavy atom. The third-order valence-electron chi connectivity index (χ3n) is 7.16. The fraction of sp³-hybridized carbons (Fsp3) is 0.0714. The van der Waals surface area contributed by atoms with Crippen LogP contribution in [0.5, 0.6) is 0 Å². The molecule has 7 aromatic rings. The first-order valence-corrected chi connectivity index (χ1v) is 16.9. The minimum absolute atomic E-state index is 0.281. The van der Waals surface area contributed by atoms with E-state index in [1.165, 1.54) is 23.1 Å². The van der Waals surface area contributed by atoms with Crippen molar-refractivity contribution in [1.29, 1.82) is 0 Å². The van der Waals surface area contributed by atoms with Crippen molar-refractivity contribution in [3.8, 4) is 0 Å². The van der Waals surface area contributed by atoms with E-state index >= 15 is 0 Å². The second kappa shape index (κ2) is 10.6. The molecule has 204 valence electrons. The molecule has 0 amide bonds. The highest BCUT2D eigenvalue weighted by Gasteiger charge is 2.57. The van der Waals surface area contributed by atoms with Gasteiger partial charge in [0.25, 0.3) is 0 Å². The van der Waals surface area contributed by atoms with Crippen molar-refractivity contribution in [3.05, 3.63) is 126 Å². The lowest BCUT2D eigenvalue weighted by atomic mass is 9.58. The van der Waals surface area contributed by atoms with Gasteiger partial charge >= 0.3 is 0 Å². The highest BCUT2D eigenvalue weighted by atomic mass is 32.1. The number of thiazole rings is 1. The van der Waals surface area contributed by atoms with Crippen LogP contribution in [0.15, 0.2) is 92.8 Å². The van der Waals surface area contributed by atoms with Crippen LogP contribution in [0, 0.1) is 0 Å². The van der Waals surface area contributed by atoms with Crippen LogP contribution in [0.25, 0.3) is 22.3 Å². The first-order valence-electron chi connectivity index (χ1n) is 12.6. The SMILES string of the molecule is c1csc(C2C(c3cnccn3)=C(c3csnn3)C(c3conn3)=C(c3ccsn3)C2(c2cccs2)c2nccs2)c1. The van der Waals surface area contributed by atoms with Gasteiger partial charge in [-0.3, -0.25) is 9.97 Å². The summed E-state index contributed by atoms with van der Waals surface area (Å²) in [5.41, 5.74) is 5.51. The van der Waals surface area contributed by atoms with Crippen molar-refractivity contribution in [3.63, 3.8) is 0 Å². The summed E-state index contributed by atoms with van der Waals surface area (Å²) in [6.45, 7) is 0. The number of hydrogen-bond acceptors (Lipinski definition) is 14. The van der Waals surface area contributed by atoms with Gasteiger partial charge < -0.3 is 4.52 Å². The number of hydrogen-bond donors (Lipinski definition) is 0. The molecule has 8 rings (SSSR count). The van der Waals surface area contributed by atoms with E-state index in [2.05, 4.69) is 66.0 Å². The molecule has 1 aliphatic rings. The van der Waals surface area contributed by atoms with E-state index in [9.17, 15) is 0 Å². The third kappa shape index (κ3) is 3.90. The van der Waals surface area contributed by atoms with Crippen molar-refractivity contribution in [2.45, 2.75) is 11.3 Å². The van der Waals surface area contributed by atoms with Crippen molar-refractivity contribution in [2.75, 3.05) is 0 Å². The maximum Gasteiger partial charge on any atom is 0.152 e. The Balaban J connectivity index is 1.67. The van der Waals surface area contributed by atoms with E-state index in [0.29, 0.717) is 11.4 Å². The average molecular weight is 641 g/mol. The summed E-state index contributed by atoms with van der Waals surface area (Å²) in [6.07, 6.45) is 8.65. The van der Waals surface area contributed by atoms with Crippen LogP contribution < -0.4 is 0 Å². The Hall–Kier alpha value is -4.08. The number of nitrogens with zero attached hydrogens (tertiary/aromatic N) is 8. The van der Waals surface area contributed by atoms with Crippen molar-refractivity contribution in [2.24, 2.45) is 0 Å². The van der Waals surface area contributed by atoms with Gasteiger partial charge in [-0.25, -0.2) is 4.98 Å². The molecule has 0 radical (unpaired) electrons. The monoisotopic (exact) mass is 640 g/mol. The number of aromatic nitrogens is 8. The van der Waals surface area contributed by atoms with Gasteiger partial charge in [0.1, 0.15) is 16.4 Å². The second-order valence-corrected chi connectivity index (χ2v) is 13.3. The van der Waals surface area contributed by atoms with Crippen LogP contribution in [-0.4, -0.2) is 39.3 Å². The van der Waals surface area contributed by atoms with Crippen molar-refractivity contribution in [1.82, 2.24) is 39.3 Å². The summed E-state index contributed by atoms with van der Waals surface area (Å²) in [7, 11) is 0. The minimum Gasteiger partial charge on any atom is -0.345 e. The maximum absolute atomic E-state index is 5.38. The lowest BCUT2D eigenvalue weighted by Gasteiger charge is -2.46. The van der Waals surface area contributed by atoms with Gasteiger partial charge in [-0.2, -0.15) is 4.37 Å². The van der Waals surface area contributed by atoms with Gasteiger partial charge in [-0.1, -0.05) is 16.6 Å². The summed E-state index contributed by atoms with van der Waals surface area (Å²) >= 11 is 7.71. The minimum atomic E-state index is -0.824. The smallest absolute Gasteiger partial charge is 0.152 e. The Kier molecular flexibility index (Phi) is 6.49. The molecule has 14 heteroatoms. The third-order valence-corrected chi connectivity index (χ3v) is 11.1. The van der Waals surface area contributed by atoms with Crippen LogP contribution in [0.3, 0.4) is 0 Å². The van der Waals surface area contributed by atoms with Crippen molar-refractivity contribution >= 4 is 79.4 Å². The Morgan fingerprint density at radius 2 is 1.71 bits per heavy atom. The highest BCUT2D eigenvalue weighted by molar-refractivity contribution is 7.12. The largest absolute Gasteiger partial charge is 0.345 e. The first-order chi connectivity index (χ1) is 20.9. The number of rotatable bonds is 7. The quantitative estimate of drug-likeness (QED) is 0.181. The zero-order valence-corrected chi connectivity index (χ0v) is 25.3. The maximum atomic E-state index is 5.38. The van der Waals surface area contributed by atoms with Crippen LogP contribution >= 0.6 is 57.1 Å². The molecule has 0 saturated heterocycles. The van der Waals surface area contributed by atoms with E-state index in [-0.39, 0.29) is 5.92 Å². The average Bonchev–Trinajstić information content (AvgIpc) is 3.89. The first kappa shape index (κ1) is 25.6. The van der Waals surface area contributed by atoms with Gasteiger partial charge in [0, 0.05) is 72.4 Å². The Bertz CT molecular complexity index is 1930. The molecule has 0 bridgehead atoms. The Morgan fingerprint density at radius 1 is 0.762 bits per heavy atom. The molecule has 0 aliphatic heterocycles. The highest BCUT2D eigenvalue weighted by Crippen LogP contribution is 2.66. The molecule has 0 spiro atoms. The molecule has 0 fully saturated rings. The summed E-state index contributed by atoms with van der Waals surface area (Å²) in [4.78, 5) is 16.7. The van der Waals surface area contributed by atoms with Gasteiger partial charge in [-0.15, -0.1) is 44.2 Å². The summed E-state index contributed by atoms with van der Waals surface area (Å²) in [5, 5.41) is 24.1. The van der Waals surface area contributed by atoms with Crippen LogP contribution in [-0.2, 0) is 5.41 Å². The number of thiophene rings is 2. The molecule has 7 heterocycles. The molecule has 7 aromatic heterocycles. The molecule has 2 atom stereocenters. The molecular weight excluding hydrogens is 625 g/mol. The molecule has 42 heavy (non-hydrogen) atoms. The predicted molar refractivity (Wildman–Crippen MR) is 166 cm³/mol. The fourth-order valence-corrected chi connectivity index (χ4v) is 9.53. The predicted octanol–water partition coefficient (Wildman–Crippen LogP) is 7.05.